The van der Waals surface area contributed by atoms with Crippen LogP contribution in [0.25, 0.3) is 0 Å². The summed E-state index contributed by atoms with van der Waals surface area (Å²) in [6.45, 7) is 4.47. The molecule has 0 bridgehead atoms. The Morgan fingerprint density at radius 2 is 2.35 bits per heavy atom. The number of rotatable bonds is 1. The van der Waals surface area contributed by atoms with Gasteiger partial charge in [-0.05, 0) is 56.8 Å². The van der Waals surface area contributed by atoms with Crippen molar-refractivity contribution in [2.75, 3.05) is 20.1 Å². The third-order valence-electron chi connectivity index (χ3n) is 3.24. The fourth-order valence-electron chi connectivity index (χ4n) is 2.27. The molecular weight excluding hydrogens is 208 g/mol. The summed E-state index contributed by atoms with van der Waals surface area (Å²) in [5.41, 5.74) is 2.07. The number of pyridine rings is 1. The molecule has 1 saturated heterocycles. The Kier molecular flexibility index (Phi) is 4.17. The number of piperidine rings is 1. The SMILES string of the molecule is Cc1ccc(C#CCC2CCCN(C)C2)nc1. The monoisotopic (exact) mass is 228 g/mol. The van der Waals surface area contributed by atoms with Crippen molar-refractivity contribution in [3.8, 4) is 11.8 Å². The second kappa shape index (κ2) is 5.84. The number of nitrogens with zero attached hydrogens (tertiary/aromatic N) is 2. The number of aromatic nitrogens is 1. The third-order valence-corrected chi connectivity index (χ3v) is 3.24. The number of aryl methyl sites for hydroxylation is 1. The average Bonchev–Trinajstić information content (AvgIpc) is 2.32. The van der Waals surface area contributed by atoms with E-state index < -0.39 is 0 Å². The van der Waals surface area contributed by atoms with E-state index in [1.54, 1.807) is 0 Å². The standard InChI is InChI=1S/C15H20N2/c1-13-8-9-15(16-11-13)7-3-5-14-6-4-10-17(2)12-14/h8-9,11,14H,4-6,10,12H2,1-2H3. The van der Waals surface area contributed by atoms with Gasteiger partial charge in [-0.1, -0.05) is 12.0 Å². The molecule has 1 aliphatic rings. The van der Waals surface area contributed by atoms with Gasteiger partial charge in [0.15, 0.2) is 0 Å². The zero-order valence-corrected chi connectivity index (χ0v) is 10.7. The molecule has 0 saturated carbocycles. The first-order valence-electron chi connectivity index (χ1n) is 6.34. The average molecular weight is 228 g/mol. The van der Waals surface area contributed by atoms with Crippen LogP contribution >= 0.6 is 0 Å². The molecule has 1 aromatic heterocycles. The van der Waals surface area contributed by atoms with Crippen molar-refractivity contribution in [1.82, 2.24) is 9.88 Å². The second-order valence-corrected chi connectivity index (χ2v) is 5.00. The van der Waals surface area contributed by atoms with Crippen LogP contribution in [0.1, 0.15) is 30.5 Å². The van der Waals surface area contributed by atoms with Crippen LogP contribution in [-0.4, -0.2) is 30.0 Å². The Balaban J connectivity index is 1.87. The highest BCUT2D eigenvalue weighted by atomic mass is 15.1. The van der Waals surface area contributed by atoms with Crippen LogP contribution in [0, 0.1) is 24.7 Å². The van der Waals surface area contributed by atoms with Gasteiger partial charge in [-0.3, -0.25) is 0 Å². The van der Waals surface area contributed by atoms with E-state index >= 15 is 0 Å². The first kappa shape index (κ1) is 12.1. The van der Waals surface area contributed by atoms with Crippen molar-refractivity contribution in [3.05, 3.63) is 29.6 Å². The van der Waals surface area contributed by atoms with E-state index in [4.69, 9.17) is 0 Å². The van der Waals surface area contributed by atoms with Crippen LogP contribution in [0.2, 0.25) is 0 Å². The second-order valence-electron chi connectivity index (χ2n) is 5.00. The Bertz CT molecular complexity index is 411. The van der Waals surface area contributed by atoms with Gasteiger partial charge >= 0.3 is 0 Å². The summed E-state index contributed by atoms with van der Waals surface area (Å²) in [4.78, 5) is 6.69. The lowest BCUT2D eigenvalue weighted by Gasteiger charge is -2.28. The molecule has 2 heterocycles. The van der Waals surface area contributed by atoms with Crippen LogP contribution < -0.4 is 0 Å². The largest absolute Gasteiger partial charge is 0.306 e. The summed E-state index contributed by atoms with van der Waals surface area (Å²) in [5, 5.41) is 0. The van der Waals surface area contributed by atoms with Crippen molar-refractivity contribution in [2.45, 2.75) is 26.2 Å². The van der Waals surface area contributed by atoms with Crippen molar-refractivity contribution in [2.24, 2.45) is 5.92 Å². The van der Waals surface area contributed by atoms with Gasteiger partial charge < -0.3 is 4.90 Å². The van der Waals surface area contributed by atoms with Crippen LogP contribution in [0.3, 0.4) is 0 Å². The summed E-state index contributed by atoms with van der Waals surface area (Å²) in [6.07, 6.45) is 5.50. The number of likely N-dealkylation sites (tertiary alicyclic amines) is 1. The predicted octanol–water partition coefficient (Wildman–Crippen LogP) is 2.47. The highest BCUT2D eigenvalue weighted by Crippen LogP contribution is 2.17. The Labute approximate surface area is 104 Å². The van der Waals surface area contributed by atoms with Gasteiger partial charge in [0.25, 0.3) is 0 Å². The van der Waals surface area contributed by atoms with Crippen LogP contribution in [0.5, 0.6) is 0 Å². The van der Waals surface area contributed by atoms with Gasteiger partial charge in [0, 0.05) is 19.2 Å². The first-order valence-corrected chi connectivity index (χ1v) is 6.34. The van der Waals surface area contributed by atoms with Gasteiger partial charge in [-0.25, -0.2) is 4.98 Å². The molecule has 90 valence electrons. The minimum Gasteiger partial charge on any atom is -0.306 e. The lowest BCUT2D eigenvalue weighted by atomic mass is 9.95. The summed E-state index contributed by atoms with van der Waals surface area (Å²) >= 11 is 0. The van der Waals surface area contributed by atoms with Crippen molar-refractivity contribution in [3.63, 3.8) is 0 Å². The normalized spacial score (nSPS) is 20.7. The summed E-state index contributed by atoms with van der Waals surface area (Å²) in [5.74, 6) is 7.17. The highest BCUT2D eigenvalue weighted by Gasteiger charge is 2.15. The minimum atomic E-state index is 0.742. The summed E-state index contributed by atoms with van der Waals surface area (Å²) in [6, 6.07) is 4.06. The molecule has 0 aliphatic carbocycles. The zero-order chi connectivity index (χ0) is 12.1. The molecule has 17 heavy (non-hydrogen) atoms. The topological polar surface area (TPSA) is 16.1 Å². The Hall–Kier alpha value is -1.33. The van der Waals surface area contributed by atoms with E-state index in [1.165, 1.54) is 31.5 Å². The summed E-state index contributed by atoms with van der Waals surface area (Å²) < 4.78 is 0. The van der Waals surface area contributed by atoms with Gasteiger partial charge in [-0.2, -0.15) is 0 Å². The molecule has 2 rings (SSSR count). The smallest absolute Gasteiger partial charge is 0.113 e. The van der Waals surface area contributed by atoms with Gasteiger partial charge in [0.2, 0.25) is 0 Å². The molecule has 1 aliphatic heterocycles. The molecule has 0 spiro atoms. The quantitative estimate of drug-likeness (QED) is 0.686. The molecular formula is C15H20N2. The van der Waals surface area contributed by atoms with Crippen LogP contribution in [0.15, 0.2) is 18.3 Å². The van der Waals surface area contributed by atoms with E-state index in [2.05, 4.69) is 34.8 Å². The molecule has 0 aromatic carbocycles. The lowest BCUT2D eigenvalue weighted by Crippen LogP contribution is -2.31. The summed E-state index contributed by atoms with van der Waals surface area (Å²) in [7, 11) is 2.20. The molecule has 2 nitrogen and oxygen atoms in total. The first-order chi connectivity index (χ1) is 8.24. The van der Waals surface area contributed by atoms with E-state index in [9.17, 15) is 0 Å². The number of hydrogen-bond donors (Lipinski definition) is 0. The Morgan fingerprint density at radius 3 is 3.06 bits per heavy atom. The molecule has 2 heteroatoms. The van der Waals surface area contributed by atoms with Crippen LogP contribution in [0.4, 0.5) is 0 Å². The van der Waals surface area contributed by atoms with E-state index in [0.717, 1.165) is 18.0 Å². The maximum absolute atomic E-state index is 4.29. The maximum Gasteiger partial charge on any atom is 0.113 e. The predicted molar refractivity (Wildman–Crippen MR) is 70.7 cm³/mol. The van der Waals surface area contributed by atoms with Gasteiger partial charge in [0.05, 0.1) is 0 Å². The van der Waals surface area contributed by atoms with E-state index in [1.807, 2.05) is 19.2 Å². The lowest BCUT2D eigenvalue weighted by molar-refractivity contribution is 0.213. The minimum absolute atomic E-state index is 0.742. The van der Waals surface area contributed by atoms with Gasteiger partial charge in [-0.15, -0.1) is 0 Å². The zero-order valence-electron chi connectivity index (χ0n) is 10.7. The molecule has 0 radical (unpaired) electrons. The van der Waals surface area contributed by atoms with Crippen molar-refractivity contribution < 1.29 is 0 Å². The molecule has 0 N–H and O–H groups in total. The highest BCUT2D eigenvalue weighted by molar-refractivity contribution is 5.28. The van der Waals surface area contributed by atoms with Crippen molar-refractivity contribution in [1.29, 1.82) is 0 Å². The third kappa shape index (κ3) is 3.87. The van der Waals surface area contributed by atoms with Gasteiger partial charge in [0.1, 0.15) is 5.69 Å². The molecule has 1 atom stereocenters. The fraction of sp³-hybridized carbons (Fsp3) is 0.533. The van der Waals surface area contributed by atoms with E-state index in [-0.39, 0.29) is 0 Å². The molecule has 1 fully saturated rings. The number of hydrogen-bond acceptors (Lipinski definition) is 2. The fourth-order valence-corrected chi connectivity index (χ4v) is 2.27. The van der Waals surface area contributed by atoms with E-state index in [0.29, 0.717) is 0 Å². The molecule has 0 amide bonds. The Morgan fingerprint density at radius 1 is 1.47 bits per heavy atom. The maximum atomic E-state index is 4.29. The van der Waals surface area contributed by atoms with Crippen molar-refractivity contribution >= 4 is 0 Å². The van der Waals surface area contributed by atoms with Crippen LogP contribution in [-0.2, 0) is 0 Å². The molecule has 1 aromatic rings. The molecule has 1 unspecified atom stereocenters.